The minimum absolute atomic E-state index is 0.313. The fourth-order valence-electron chi connectivity index (χ4n) is 0.0417. The van der Waals surface area contributed by atoms with Crippen LogP contribution in [0.1, 0.15) is 0 Å². The molecular formula is S2Sn2. The molecule has 0 nitrogen and oxygen atoms in total. The maximum atomic E-state index is 2.34. The van der Waals surface area contributed by atoms with Crippen LogP contribution in [0, 0.1) is 0 Å². The molecule has 4 heteroatoms. The van der Waals surface area contributed by atoms with Crippen LogP contribution >= 0.6 is 12.3 Å². The monoisotopic (exact) mass is 304 g/mol. The molecule has 20 valence electrons. The first kappa shape index (κ1) is 4.46. The molecule has 1 aliphatic rings. The zero-order valence-electron chi connectivity index (χ0n) is 1.82. The van der Waals surface area contributed by atoms with Crippen LogP contribution in [0.4, 0.5) is 0 Å². The normalized spacial score (nSPS) is 24.0. The van der Waals surface area contributed by atoms with Gasteiger partial charge in [0, 0.05) is 0 Å². The standard InChI is InChI=1S/2S.2Sn. The van der Waals surface area contributed by atoms with Crippen LogP contribution in [0.3, 0.4) is 0 Å². The van der Waals surface area contributed by atoms with Gasteiger partial charge in [0.2, 0.25) is 0 Å². The van der Waals surface area contributed by atoms with E-state index < -0.39 is 0 Å². The van der Waals surface area contributed by atoms with Crippen molar-refractivity contribution in [3.8, 4) is 0 Å². The fraction of sp³-hybridized carbons (Fsp3) is 0. The molecule has 1 rings (SSSR count). The summed E-state index contributed by atoms with van der Waals surface area (Å²) in [6.45, 7) is 0. The van der Waals surface area contributed by atoms with E-state index in [0.29, 0.717) is 36.8 Å². The Morgan fingerprint density at radius 2 is 1.25 bits per heavy atom. The molecule has 0 bridgehead atoms. The Bertz CT molecular complexity index is 12.0. The Balaban J connectivity index is 2.00. The van der Waals surface area contributed by atoms with Crippen molar-refractivity contribution in [1.29, 1.82) is 0 Å². The predicted molar refractivity (Wildman–Crippen MR) is 26.7 cm³/mol. The van der Waals surface area contributed by atoms with Crippen molar-refractivity contribution in [3.05, 3.63) is 0 Å². The minimum atomic E-state index is 0.313. The molecule has 4 radical (unpaired) electrons. The van der Waals surface area contributed by atoms with E-state index in [1.807, 2.05) is 0 Å². The topological polar surface area (TPSA) is 0 Å². The van der Waals surface area contributed by atoms with Crippen LogP contribution in [-0.4, -0.2) is 36.8 Å². The third-order valence-corrected chi connectivity index (χ3v) is 67.5. The Hall–Kier alpha value is 2.30. The molecule has 1 saturated heterocycles. The molecule has 0 saturated carbocycles. The van der Waals surface area contributed by atoms with Crippen LogP contribution < -0.4 is 0 Å². The van der Waals surface area contributed by atoms with Crippen molar-refractivity contribution in [2.24, 2.45) is 0 Å². The van der Waals surface area contributed by atoms with Crippen molar-refractivity contribution in [3.63, 3.8) is 0 Å². The molecule has 1 heterocycles. The van der Waals surface area contributed by atoms with Crippen LogP contribution in [0.15, 0.2) is 0 Å². The van der Waals surface area contributed by atoms with Gasteiger partial charge in [-0.3, -0.25) is 0 Å². The molecule has 0 N–H and O–H groups in total. The van der Waals surface area contributed by atoms with E-state index in [0.717, 1.165) is 0 Å². The zero-order valence-corrected chi connectivity index (χ0v) is 9.16. The summed E-state index contributed by atoms with van der Waals surface area (Å²) in [5.74, 6) is 0. The zero-order chi connectivity index (χ0) is 2.83. The second-order valence-corrected chi connectivity index (χ2v) is 37.6. The molecule has 0 aliphatic carbocycles. The van der Waals surface area contributed by atoms with E-state index in [9.17, 15) is 0 Å². The van der Waals surface area contributed by atoms with Gasteiger partial charge in [-0.1, -0.05) is 0 Å². The van der Waals surface area contributed by atoms with E-state index >= 15 is 0 Å². The van der Waals surface area contributed by atoms with E-state index in [2.05, 4.69) is 12.3 Å². The molecule has 0 spiro atoms. The van der Waals surface area contributed by atoms with Crippen molar-refractivity contribution in [2.45, 2.75) is 0 Å². The van der Waals surface area contributed by atoms with Crippen molar-refractivity contribution >= 4 is 49.0 Å². The second kappa shape index (κ2) is 2.47. The average molecular weight is 302 g/mol. The van der Waals surface area contributed by atoms with Crippen LogP contribution in [0.5, 0.6) is 0 Å². The van der Waals surface area contributed by atoms with Crippen LogP contribution in [0.25, 0.3) is 0 Å². The van der Waals surface area contributed by atoms with Gasteiger partial charge in [0.1, 0.15) is 0 Å². The Kier molecular flexibility index (Phi) is 2.75. The second-order valence-electron chi connectivity index (χ2n) is 0.371. The number of hydrogen-bond acceptors (Lipinski definition) is 2. The van der Waals surface area contributed by atoms with E-state index in [1.165, 1.54) is 0 Å². The van der Waals surface area contributed by atoms with Gasteiger partial charge in [-0.2, -0.15) is 0 Å². The summed E-state index contributed by atoms with van der Waals surface area (Å²) >= 11 is 0.627. The molecule has 0 amide bonds. The molecule has 0 aromatic heterocycles. The molecule has 4 heavy (non-hydrogen) atoms. The molecule has 0 aromatic rings. The fourth-order valence-corrected chi connectivity index (χ4v) is 16.9. The van der Waals surface area contributed by atoms with Crippen molar-refractivity contribution in [1.82, 2.24) is 0 Å². The molecular weight excluding hydrogens is 302 g/mol. The average Bonchev–Trinajstić information content (AvgIpc) is 0.722. The van der Waals surface area contributed by atoms with E-state index in [4.69, 9.17) is 0 Å². The van der Waals surface area contributed by atoms with Gasteiger partial charge in [0.15, 0.2) is 0 Å². The predicted octanol–water partition coefficient (Wildman–Crippen LogP) is 0.535. The van der Waals surface area contributed by atoms with E-state index in [-0.39, 0.29) is 0 Å². The first-order valence-electron chi connectivity index (χ1n) is 0.816. The first-order valence-corrected chi connectivity index (χ1v) is 16.4. The van der Waals surface area contributed by atoms with Gasteiger partial charge in [0.05, 0.1) is 0 Å². The summed E-state index contributed by atoms with van der Waals surface area (Å²) in [6, 6.07) is 0. The van der Waals surface area contributed by atoms with E-state index in [1.54, 1.807) is 0 Å². The summed E-state index contributed by atoms with van der Waals surface area (Å²) < 4.78 is 0. The van der Waals surface area contributed by atoms with Gasteiger partial charge in [-0.15, -0.1) is 0 Å². The maximum absolute atomic E-state index is 2.34. The van der Waals surface area contributed by atoms with Gasteiger partial charge in [-0.05, 0) is 0 Å². The first-order chi connectivity index (χ1) is 2.00. The van der Waals surface area contributed by atoms with Crippen LogP contribution in [-0.2, 0) is 0 Å². The molecule has 0 unspecified atom stereocenters. The van der Waals surface area contributed by atoms with Crippen LogP contribution in [0.2, 0.25) is 0 Å². The Morgan fingerprint density at radius 1 is 1.00 bits per heavy atom. The summed E-state index contributed by atoms with van der Waals surface area (Å²) in [5.41, 5.74) is 0. The Morgan fingerprint density at radius 3 is 1.25 bits per heavy atom. The molecule has 1 fully saturated rings. The van der Waals surface area contributed by atoms with Crippen molar-refractivity contribution < 1.29 is 0 Å². The van der Waals surface area contributed by atoms with Gasteiger partial charge < -0.3 is 0 Å². The number of hydrogen-bond donors (Lipinski definition) is 0. The van der Waals surface area contributed by atoms with Gasteiger partial charge >= 0.3 is 49.0 Å². The Labute approximate surface area is 48.1 Å². The van der Waals surface area contributed by atoms with Gasteiger partial charge in [0.25, 0.3) is 0 Å². The summed E-state index contributed by atoms with van der Waals surface area (Å²) in [7, 11) is 0. The summed E-state index contributed by atoms with van der Waals surface area (Å²) in [5, 5.41) is 0. The third kappa shape index (κ3) is 1.18. The summed E-state index contributed by atoms with van der Waals surface area (Å²) in [4.78, 5) is 0. The van der Waals surface area contributed by atoms with Crippen molar-refractivity contribution in [2.75, 3.05) is 0 Å². The number of rotatable bonds is 0. The third-order valence-electron chi connectivity index (χ3n) is 0.167. The molecule has 0 aromatic carbocycles. The summed E-state index contributed by atoms with van der Waals surface area (Å²) in [6.07, 6.45) is 4.68. The quantitative estimate of drug-likeness (QED) is 0.599. The SMILES string of the molecule is [S]1[Sn][S][Sn]1. The molecule has 1 aliphatic heterocycles. The molecule has 0 atom stereocenters. The van der Waals surface area contributed by atoms with Gasteiger partial charge in [-0.25, -0.2) is 0 Å².